The highest BCUT2D eigenvalue weighted by Crippen LogP contribution is 2.44. The molecule has 1 aliphatic carbocycles. The van der Waals surface area contributed by atoms with E-state index in [2.05, 4.69) is 0 Å². The van der Waals surface area contributed by atoms with Crippen molar-refractivity contribution in [1.82, 2.24) is 0 Å². The molecule has 0 saturated carbocycles. The Bertz CT molecular complexity index is 692. The van der Waals surface area contributed by atoms with Crippen LogP contribution in [0.2, 0.25) is 0 Å². The summed E-state index contributed by atoms with van der Waals surface area (Å²) in [6.07, 6.45) is 2.90. The van der Waals surface area contributed by atoms with E-state index in [4.69, 9.17) is 16.3 Å². The summed E-state index contributed by atoms with van der Waals surface area (Å²) in [7, 11) is 1.42. The SMILES string of the molecule is COc1ccccc1C1(C(=O)O)C=CC(C)=C(C(=O)O)C1Cl. The van der Waals surface area contributed by atoms with Crippen LogP contribution in [-0.4, -0.2) is 34.6 Å². The first-order chi connectivity index (χ1) is 10.4. The number of carboxylic acid groups (broad SMARTS) is 2. The predicted octanol–water partition coefficient (Wildman–Crippen LogP) is 2.60. The van der Waals surface area contributed by atoms with E-state index in [9.17, 15) is 19.8 Å². The Morgan fingerprint density at radius 2 is 1.91 bits per heavy atom. The molecule has 2 atom stereocenters. The molecule has 1 aliphatic rings. The molecule has 2 unspecified atom stereocenters. The van der Waals surface area contributed by atoms with Gasteiger partial charge in [0.2, 0.25) is 0 Å². The Kier molecular flexibility index (Phi) is 4.28. The number of hydrogen-bond donors (Lipinski definition) is 2. The largest absolute Gasteiger partial charge is 0.496 e. The molecule has 0 bridgehead atoms. The van der Waals surface area contributed by atoms with E-state index in [1.807, 2.05) is 0 Å². The number of ether oxygens (including phenoxy) is 1. The van der Waals surface area contributed by atoms with Gasteiger partial charge in [0.25, 0.3) is 0 Å². The average Bonchev–Trinajstić information content (AvgIpc) is 2.47. The molecule has 5 nitrogen and oxygen atoms in total. The third-order valence-corrected chi connectivity index (χ3v) is 4.37. The number of carboxylic acids is 2. The minimum Gasteiger partial charge on any atom is -0.496 e. The van der Waals surface area contributed by atoms with Crippen LogP contribution in [0.4, 0.5) is 0 Å². The lowest BCUT2D eigenvalue weighted by molar-refractivity contribution is -0.142. The maximum atomic E-state index is 12.0. The van der Waals surface area contributed by atoms with Crippen molar-refractivity contribution in [2.75, 3.05) is 7.11 Å². The number of alkyl halides is 1. The van der Waals surface area contributed by atoms with Gasteiger partial charge in [0.15, 0.2) is 0 Å². The smallest absolute Gasteiger partial charge is 0.333 e. The van der Waals surface area contributed by atoms with Crippen LogP contribution in [-0.2, 0) is 15.0 Å². The van der Waals surface area contributed by atoms with E-state index in [1.165, 1.54) is 19.3 Å². The van der Waals surface area contributed by atoms with Crippen molar-refractivity contribution in [3.05, 3.63) is 53.1 Å². The summed E-state index contributed by atoms with van der Waals surface area (Å²) in [5.41, 5.74) is -1.09. The van der Waals surface area contributed by atoms with Crippen LogP contribution < -0.4 is 4.74 Å². The molecule has 22 heavy (non-hydrogen) atoms. The van der Waals surface area contributed by atoms with Crippen molar-refractivity contribution in [2.24, 2.45) is 0 Å². The normalized spacial score (nSPS) is 24.2. The number of hydrogen-bond acceptors (Lipinski definition) is 3. The third-order valence-electron chi connectivity index (χ3n) is 3.81. The predicted molar refractivity (Wildman–Crippen MR) is 81.4 cm³/mol. The van der Waals surface area contributed by atoms with Gasteiger partial charge < -0.3 is 14.9 Å². The Hall–Kier alpha value is -2.27. The minimum atomic E-state index is -1.71. The Balaban J connectivity index is 2.74. The van der Waals surface area contributed by atoms with Crippen LogP contribution in [0.15, 0.2) is 47.6 Å². The summed E-state index contributed by atoms with van der Waals surface area (Å²) < 4.78 is 5.23. The zero-order valence-corrected chi connectivity index (χ0v) is 12.8. The molecule has 0 heterocycles. The van der Waals surface area contributed by atoms with Gasteiger partial charge in [-0.15, -0.1) is 11.6 Å². The van der Waals surface area contributed by atoms with Crippen LogP contribution in [0.5, 0.6) is 5.75 Å². The van der Waals surface area contributed by atoms with E-state index < -0.39 is 22.7 Å². The lowest BCUT2D eigenvalue weighted by Crippen LogP contribution is -2.46. The van der Waals surface area contributed by atoms with Crippen LogP contribution in [0, 0.1) is 0 Å². The van der Waals surface area contributed by atoms with Gasteiger partial charge in [-0.3, -0.25) is 4.79 Å². The van der Waals surface area contributed by atoms with Gasteiger partial charge in [-0.1, -0.05) is 30.4 Å². The number of methoxy groups -OCH3 is 1. The molecule has 0 aromatic heterocycles. The Morgan fingerprint density at radius 1 is 1.27 bits per heavy atom. The third kappa shape index (κ3) is 2.27. The number of halogens is 1. The number of rotatable bonds is 4. The van der Waals surface area contributed by atoms with Gasteiger partial charge >= 0.3 is 11.9 Å². The van der Waals surface area contributed by atoms with Crippen LogP contribution in [0.3, 0.4) is 0 Å². The maximum absolute atomic E-state index is 12.0. The number of benzene rings is 1. The summed E-state index contributed by atoms with van der Waals surface area (Å²) >= 11 is 6.33. The summed E-state index contributed by atoms with van der Waals surface area (Å²) in [5.74, 6) is -2.13. The molecular weight excluding hydrogens is 308 g/mol. The van der Waals surface area contributed by atoms with Gasteiger partial charge in [0.1, 0.15) is 11.2 Å². The average molecular weight is 323 g/mol. The molecule has 0 saturated heterocycles. The van der Waals surface area contributed by atoms with Crippen LogP contribution >= 0.6 is 11.6 Å². The van der Waals surface area contributed by atoms with Gasteiger partial charge in [-0.25, -0.2) is 4.79 Å². The molecule has 0 amide bonds. The molecule has 2 N–H and O–H groups in total. The van der Waals surface area contributed by atoms with Crippen molar-refractivity contribution < 1.29 is 24.5 Å². The zero-order chi connectivity index (χ0) is 16.5. The fourth-order valence-corrected chi connectivity index (χ4v) is 3.19. The topological polar surface area (TPSA) is 83.8 Å². The second-order valence-corrected chi connectivity index (χ2v) is 5.41. The lowest BCUT2D eigenvalue weighted by Gasteiger charge is -2.35. The number of carbonyl (C=O) groups is 2. The van der Waals surface area contributed by atoms with E-state index >= 15 is 0 Å². The van der Waals surface area contributed by atoms with E-state index in [0.717, 1.165) is 0 Å². The van der Waals surface area contributed by atoms with Crippen molar-refractivity contribution >= 4 is 23.5 Å². The van der Waals surface area contributed by atoms with Gasteiger partial charge in [-0.05, 0) is 18.6 Å². The highest BCUT2D eigenvalue weighted by molar-refractivity contribution is 6.28. The van der Waals surface area contributed by atoms with Crippen molar-refractivity contribution in [1.29, 1.82) is 0 Å². The fraction of sp³-hybridized carbons (Fsp3) is 0.250. The summed E-state index contributed by atoms with van der Waals surface area (Å²) in [4.78, 5) is 23.5. The molecule has 0 radical (unpaired) electrons. The Morgan fingerprint density at radius 3 is 2.45 bits per heavy atom. The van der Waals surface area contributed by atoms with E-state index in [0.29, 0.717) is 16.9 Å². The van der Waals surface area contributed by atoms with Gasteiger partial charge in [0, 0.05) is 5.56 Å². The molecule has 116 valence electrons. The first-order valence-corrected chi connectivity index (χ1v) is 6.94. The monoisotopic (exact) mass is 322 g/mol. The number of para-hydroxylation sites is 1. The summed E-state index contributed by atoms with van der Waals surface area (Å²) in [6.45, 7) is 1.59. The fourth-order valence-electron chi connectivity index (χ4n) is 2.64. The quantitative estimate of drug-likeness (QED) is 0.832. The Labute approximate surface area is 132 Å². The lowest BCUT2D eigenvalue weighted by atomic mass is 9.70. The first kappa shape index (κ1) is 16.1. The van der Waals surface area contributed by atoms with Crippen LogP contribution in [0.1, 0.15) is 12.5 Å². The summed E-state index contributed by atoms with van der Waals surface area (Å²) in [6, 6.07) is 6.55. The van der Waals surface area contributed by atoms with Crippen molar-refractivity contribution in [2.45, 2.75) is 17.7 Å². The standard InChI is InChI=1S/C16H15ClO5/c1-9-7-8-16(15(20)21,13(17)12(9)14(18)19)10-5-3-4-6-11(10)22-2/h3-8,13H,1-2H3,(H,18,19)(H,20,21). The molecule has 1 aromatic rings. The highest BCUT2D eigenvalue weighted by atomic mass is 35.5. The number of aliphatic carboxylic acids is 2. The number of allylic oxidation sites excluding steroid dienone is 2. The van der Waals surface area contributed by atoms with Crippen molar-refractivity contribution in [3.8, 4) is 5.75 Å². The molecule has 6 heteroatoms. The molecular formula is C16H15ClO5. The molecule has 0 spiro atoms. The van der Waals surface area contributed by atoms with Gasteiger partial charge in [0.05, 0.1) is 18.1 Å². The van der Waals surface area contributed by atoms with Crippen LogP contribution in [0.25, 0.3) is 0 Å². The molecule has 0 aliphatic heterocycles. The van der Waals surface area contributed by atoms with Crippen molar-refractivity contribution in [3.63, 3.8) is 0 Å². The molecule has 0 fully saturated rings. The maximum Gasteiger partial charge on any atom is 0.333 e. The molecule has 2 rings (SSSR count). The second kappa shape index (κ2) is 5.85. The zero-order valence-electron chi connectivity index (χ0n) is 12.0. The summed E-state index contributed by atoms with van der Waals surface area (Å²) in [5, 5.41) is 17.9. The second-order valence-electron chi connectivity index (χ2n) is 4.97. The minimum absolute atomic E-state index is 0.127. The van der Waals surface area contributed by atoms with Gasteiger partial charge in [-0.2, -0.15) is 0 Å². The van der Waals surface area contributed by atoms with E-state index in [-0.39, 0.29) is 5.57 Å². The van der Waals surface area contributed by atoms with E-state index in [1.54, 1.807) is 31.2 Å². The highest BCUT2D eigenvalue weighted by Gasteiger charge is 2.51. The first-order valence-electron chi connectivity index (χ1n) is 6.50. The molecule has 1 aromatic carbocycles.